The van der Waals surface area contributed by atoms with E-state index >= 15 is 0 Å². The lowest BCUT2D eigenvalue weighted by Crippen LogP contribution is -2.11. The maximum atomic E-state index is 12.1. The molecule has 0 amide bonds. The van der Waals surface area contributed by atoms with E-state index in [0.29, 0.717) is 15.4 Å². The SMILES string of the molecule is CC(CO)C1=Cc2cc(Br)ccc2S1(=O)=O. The van der Waals surface area contributed by atoms with Gasteiger partial charge in [-0.3, -0.25) is 0 Å². The molecule has 0 aliphatic carbocycles. The summed E-state index contributed by atoms with van der Waals surface area (Å²) < 4.78 is 25.0. The Morgan fingerprint density at radius 3 is 2.75 bits per heavy atom. The first-order valence-corrected chi connectivity index (χ1v) is 7.11. The molecule has 1 aromatic rings. The molecule has 1 unspecified atom stereocenters. The van der Waals surface area contributed by atoms with Crippen LogP contribution >= 0.6 is 15.9 Å². The zero-order chi connectivity index (χ0) is 11.9. The van der Waals surface area contributed by atoms with Crippen molar-refractivity contribution in [3.8, 4) is 0 Å². The van der Waals surface area contributed by atoms with Crippen LogP contribution in [0.25, 0.3) is 6.08 Å². The highest BCUT2D eigenvalue weighted by atomic mass is 79.9. The van der Waals surface area contributed by atoms with Crippen molar-refractivity contribution in [2.24, 2.45) is 5.92 Å². The van der Waals surface area contributed by atoms with Crippen molar-refractivity contribution in [2.75, 3.05) is 6.61 Å². The fourth-order valence-electron chi connectivity index (χ4n) is 1.73. The van der Waals surface area contributed by atoms with E-state index in [1.165, 1.54) is 0 Å². The molecule has 0 spiro atoms. The summed E-state index contributed by atoms with van der Waals surface area (Å²) in [6.45, 7) is 1.53. The first-order valence-electron chi connectivity index (χ1n) is 4.84. The van der Waals surface area contributed by atoms with Gasteiger partial charge in [0.1, 0.15) is 0 Å². The normalized spacial score (nSPS) is 19.1. The summed E-state index contributed by atoms with van der Waals surface area (Å²) in [7, 11) is -3.39. The molecule has 0 radical (unpaired) electrons. The molecule has 0 fully saturated rings. The predicted molar refractivity (Wildman–Crippen MR) is 65.6 cm³/mol. The van der Waals surface area contributed by atoms with E-state index < -0.39 is 9.84 Å². The van der Waals surface area contributed by atoms with Gasteiger partial charge in [0.05, 0.1) is 16.4 Å². The Morgan fingerprint density at radius 1 is 1.44 bits per heavy atom. The quantitative estimate of drug-likeness (QED) is 0.911. The number of hydrogen-bond donors (Lipinski definition) is 1. The van der Waals surface area contributed by atoms with E-state index in [9.17, 15) is 8.42 Å². The summed E-state index contributed by atoms with van der Waals surface area (Å²) in [6, 6.07) is 5.06. The van der Waals surface area contributed by atoms with Crippen LogP contribution in [0.3, 0.4) is 0 Å². The van der Waals surface area contributed by atoms with Crippen LogP contribution in [0.5, 0.6) is 0 Å². The lowest BCUT2D eigenvalue weighted by atomic mass is 10.1. The number of sulfone groups is 1. The third kappa shape index (κ3) is 1.73. The number of aliphatic hydroxyl groups is 1. The summed E-state index contributed by atoms with van der Waals surface area (Å²) in [4.78, 5) is 0.620. The third-order valence-corrected chi connectivity index (χ3v) is 5.21. The van der Waals surface area contributed by atoms with Crippen LogP contribution in [0.1, 0.15) is 12.5 Å². The minimum Gasteiger partial charge on any atom is -0.396 e. The minimum absolute atomic E-state index is 0.166. The lowest BCUT2D eigenvalue weighted by molar-refractivity contribution is 0.260. The molecule has 0 saturated heterocycles. The fraction of sp³-hybridized carbons (Fsp3) is 0.273. The minimum atomic E-state index is -3.39. The molecule has 5 heteroatoms. The summed E-state index contributed by atoms with van der Waals surface area (Å²) in [6.07, 6.45) is 1.64. The van der Waals surface area contributed by atoms with Crippen molar-refractivity contribution in [3.05, 3.63) is 33.1 Å². The van der Waals surface area contributed by atoms with Crippen LogP contribution in [-0.2, 0) is 9.84 Å². The van der Waals surface area contributed by atoms with Crippen LogP contribution in [0.15, 0.2) is 32.5 Å². The van der Waals surface area contributed by atoms with Crippen LogP contribution < -0.4 is 0 Å². The number of fused-ring (bicyclic) bond motifs is 1. The molecule has 1 heterocycles. The van der Waals surface area contributed by atoms with Gasteiger partial charge in [0, 0.05) is 10.4 Å². The fourth-order valence-corrected chi connectivity index (χ4v) is 3.93. The number of rotatable bonds is 2. The van der Waals surface area contributed by atoms with Gasteiger partial charge in [-0.05, 0) is 29.8 Å². The maximum absolute atomic E-state index is 12.1. The molecule has 1 N–H and O–H groups in total. The van der Waals surface area contributed by atoms with Crippen LogP contribution in [0.2, 0.25) is 0 Å². The Balaban J connectivity index is 2.61. The summed E-state index contributed by atoms with van der Waals surface area (Å²) in [5.41, 5.74) is 0.685. The van der Waals surface area contributed by atoms with E-state index in [1.54, 1.807) is 31.2 Å². The molecule has 1 aliphatic heterocycles. The van der Waals surface area contributed by atoms with Crippen LogP contribution in [-0.4, -0.2) is 20.1 Å². The summed E-state index contributed by atoms with van der Waals surface area (Å²) in [5.74, 6) is -0.365. The number of halogens is 1. The van der Waals surface area contributed by atoms with E-state index in [4.69, 9.17) is 5.11 Å². The second-order valence-corrected chi connectivity index (χ2v) is 6.65. The van der Waals surface area contributed by atoms with E-state index in [-0.39, 0.29) is 12.5 Å². The number of hydrogen-bond acceptors (Lipinski definition) is 3. The molecule has 3 nitrogen and oxygen atoms in total. The zero-order valence-corrected chi connectivity index (χ0v) is 11.0. The van der Waals surface area contributed by atoms with E-state index in [2.05, 4.69) is 15.9 Å². The van der Waals surface area contributed by atoms with Gasteiger partial charge >= 0.3 is 0 Å². The van der Waals surface area contributed by atoms with Crippen molar-refractivity contribution in [2.45, 2.75) is 11.8 Å². The zero-order valence-electron chi connectivity index (χ0n) is 8.64. The summed E-state index contributed by atoms with van der Waals surface area (Å²) in [5, 5.41) is 9.05. The first-order chi connectivity index (χ1) is 7.46. The molecule has 1 aliphatic rings. The highest BCUT2D eigenvalue weighted by molar-refractivity contribution is 9.10. The Labute approximate surface area is 103 Å². The highest BCUT2D eigenvalue weighted by Gasteiger charge is 2.32. The first kappa shape index (κ1) is 11.8. The largest absolute Gasteiger partial charge is 0.396 e. The number of aliphatic hydroxyl groups excluding tert-OH is 1. The van der Waals surface area contributed by atoms with Crippen molar-refractivity contribution >= 4 is 31.8 Å². The Bertz CT molecular complexity index is 561. The molecule has 1 atom stereocenters. The maximum Gasteiger partial charge on any atom is 0.203 e. The van der Waals surface area contributed by atoms with Crippen molar-refractivity contribution in [1.82, 2.24) is 0 Å². The van der Waals surface area contributed by atoms with Gasteiger partial charge < -0.3 is 5.11 Å². The monoisotopic (exact) mass is 302 g/mol. The Hall–Kier alpha value is -0.650. The van der Waals surface area contributed by atoms with Crippen molar-refractivity contribution in [3.63, 3.8) is 0 Å². The van der Waals surface area contributed by atoms with Gasteiger partial charge in [0.15, 0.2) is 0 Å². The molecule has 16 heavy (non-hydrogen) atoms. The third-order valence-electron chi connectivity index (χ3n) is 2.63. The molecular formula is C11H11BrO3S. The highest BCUT2D eigenvalue weighted by Crippen LogP contribution is 2.37. The van der Waals surface area contributed by atoms with Gasteiger partial charge in [-0.2, -0.15) is 0 Å². The van der Waals surface area contributed by atoms with Crippen molar-refractivity contribution < 1.29 is 13.5 Å². The Morgan fingerprint density at radius 2 is 2.12 bits per heavy atom. The molecule has 1 aromatic carbocycles. The van der Waals surface area contributed by atoms with E-state index in [0.717, 1.165) is 4.47 Å². The summed E-state index contributed by atoms with van der Waals surface area (Å²) >= 11 is 3.30. The molecule has 0 saturated carbocycles. The topological polar surface area (TPSA) is 54.4 Å². The average molecular weight is 303 g/mol. The van der Waals surface area contributed by atoms with Gasteiger partial charge in [0.2, 0.25) is 9.84 Å². The predicted octanol–water partition coefficient (Wildman–Crippen LogP) is 2.21. The van der Waals surface area contributed by atoms with Crippen molar-refractivity contribution in [1.29, 1.82) is 0 Å². The second kappa shape index (κ2) is 3.98. The molecule has 0 aromatic heterocycles. The molecule has 0 bridgehead atoms. The van der Waals surface area contributed by atoms with Gasteiger partial charge in [-0.15, -0.1) is 0 Å². The number of benzene rings is 1. The molecule has 86 valence electrons. The molecular weight excluding hydrogens is 292 g/mol. The lowest BCUT2D eigenvalue weighted by Gasteiger charge is -2.08. The van der Waals surface area contributed by atoms with Gasteiger partial charge in [0.25, 0.3) is 0 Å². The smallest absolute Gasteiger partial charge is 0.203 e. The Kier molecular flexibility index (Phi) is 2.94. The van der Waals surface area contributed by atoms with Gasteiger partial charge in [-0.1, -0.05) is 22.9 Å². The molecule has 2 rings (SSSR count). The van der Waals surface area contributed by atoms with E-state index in [1.807, 2.05) is 0 Å². The average Bonchev–Trinajstić information content (AvgIpc) is 2.49. The van der Waals surface area contributed by atoms with Gasteiger partial charge in [-0.25, -0.2) is 8.42 Å². The van der Waals surface area contributed by atoms with Crippen LogP contribution in [0, 0.1) is 5.92 Å². The second-order valence-electron chi connectivity index (χ2n) is 3.82. The standard InChI is InChI=1S/C11H11BrO3S/c1-7(6-13)11-5-8-4-9(12)2-3-10(8)16(11,14)15/h2-5,7,13H,6H2,1H3. The van der Waals surface area contributed by atoms with Crippen LogP contribution in [0.4, 0.5) is 0 Å².